The van der Waals surface area contributed by atoms with Crippen LogP contribution in [0.3, 0.4) is 0 Å². The third kappa shape index (κ3) is 7.41. The van der Waals surface area contributed by atoms with Crippen LogP contribution >= 0.6 is 0 Å². The van der Waals surface area contributed by atoms with E-state index >= 15 is 0 Å². The molecule has 156 valence electrons. The number of unbranched alkanes of at least 4 members (excludes halogenated alkanes) is 1. The van der Waals surface area contributed by atoms with Crippen LogP contribution < -0.4 is 0 Å². The van der Waals surface area contributed by atoms with Gasteiger partial charge in [0.05, 0.1) is 0 Å². The summed E-state index contributed by atoms with van der Waals surface area (Å²) >= 11 is 1.15. The molecular weight excluding hydrogens is 527 g/mol. The van der Waals surface area contributed by atoms with Crippen molar-refractivity contribution in [3.05, 3.63) is 95.8 Å². The average Bonchev–Trinajstić information content (AvgIpc) is 3.48. The molecule has 4 aliphatic rings. The van der Waals surface area contributed by atoms with Crippen molar-refractivity contribution in [2.75, 3.05) is 0 Å². The fraction of sp³-hybridized carbons (Fsp3) is 0.414. The van der Waals surface area contributed by atoms with Crippen LogP contribution in [-0.2, 0) is 30.3 Å². The molecule has 0 N–H and O–H groups in total. The summed E-state index contributed by atoms with van der Waals surface area (Å²) in [6.45, 7) is 2.24. The molecule has 0 radical (unpaired) electrons. The first kappa shape index (κ1) is 23.3. The Morgan fingerprint density at radius 3 is 1.93 bits per heavy atom. The molecule has 0 amide bonds. The van der Waals surface area contributed by atoms with Crippen LogP contribution in [0.2, 0.25) is 0 Å². The molecule has 5 rings (SSSR count). The van der Waals surface area contributed by atoms with Gasteiger partial charge in [0.25, 0.3) is 0 Å². The Bertz CT molecular complexity index is 735. The zero-order chi connectivity index (χ0) is 21.0. The summed E-state index contributed by atoms with van der Waals surface area (Å²) in [6, 6.07) is 8.94. The van der Waals surface area contributed by atoms with Gasteiger partial charge >= 0.3 is 89.2 Å². The monoisotopic (exact) mass is 564 g/mol. The average molecular weight is 563 g/mol. The maximum atomic E-state index is 2.37. The van der Waals surface area contributed by atoms with Crippen LogP contribution in [0.4, 0.5) is 0 Å². The van der Waals surface area contributed by atoms with Crippen molar-refractivity contribution in [3.63, 3.8) is 0 Å². The Hall–Kier alpha value is -1.34. The van der Waals surface area contributed by atoms with Gasteiger partial charge in [-0.3, -0.25) is 0 Å². The Morgan fingerprint density at radius 2 is 1.47 bits per heavy atom. The van der Waals surface area contributed by atoms with Gasteiger partial charge in [-0.1, -0.05) is 12.8 Å². The molecule has 0 nitrogen and oxygen atoms in total. The molecule has 0 aliphatic heterocycles. The Balaban J connectivity index is 0.000000130. The van der Waals surface area contributed by atoms with Crippen LogP contribution in [0.5, 0.6) is 0 Å². The molecule has 0 saturated heterocycles. The van der Waals surface area contributed by atoms with E-state index in [-0.39, 0.29) is 0 Å². The third-order valence-corrected chi connectivity index (χ3v) is 7.59. The molecular formula is C29H36Hf. The SMILES string of the molecule is C1=CCC2CC[CH-]C2=C1.C1=CCC2CC[CH-]C2=C1.CCCCc1ccc([CH]=[Hf+2])cc1. The van der Waals surface area contributed by atoms with Gasteiger partial charge in [0.1, 0.15) is 0 Å². The van der Waals surface area contributed by atoms with Crippen molar-refractivity contribution < 1.29 is 23.9 Å². The number of benzene rings is 1. The van der Waals surface area contributed by atoms with Gasteiger partial charge in [-0.2, -0.15) is 0 Å². The predicted octanol–water partition coefficient (Wildman–Crippen LogP) is 7.70. The normalized spacial score (nSPS) is 22.6. The molecule has 1 heteroatoms. The van der Waals surface area contributed by atoms with Crippen molar-refractivity contribution in [2.45, 2.75) is 64.7 Å². The number of hydrogen-bond acceptors (Lipinski definition) is 0. The molecule has 0 spiro atoms. The number of allylic oxidation sites excluding steroid dienone is 8. The van der Waals surface area contributed by atoms with E-state index in [1.54, 1.807) is 11.1 Å². The molecule has 1 aromatic rings. The van der Waals surface area contributed by atoms with E-state index in [2.05, 4.69) is 84.2 Å². The topological polar surface area (TPSA) is 0 Å². The second-order valence-corrected chi connectivity index (χ2v) is 9.64. The Labute approximate surface area is 199 Å². The van der Waals surface area contributed by atoms with Crippen LogP contribution in [0.15, 0.2) is 71.9 Å². The summed E-state index contributed by atoms with van der Waals surface area (Å²) in [5.74, 6) is 1.77. The molecule has 2 saturated carbocycles. The molecule has 2 fully saturated rings. The molecule has 0 heterocycles. The zero-order valence-electron chi connectivity index (χ0n) is 18.5. The summed E-state index contributed by atoms with van der Waals surface area (Å²) in [5.41, 5.74) is 6.01. The van der Waals surface area contributed by atoms with E-state index in [0.717, 1.165) is 35.7 Å². The van der Waals surface area contributed by atoms with Crippen LogP contribution in [-0.4, -0.2) is 3.76 Å². The van der Waals surface area contributed by atoms with Crippen molar-refractivity contribution >= 4 is 3.76 Å². The van der Waals surface area contributed by atoms with E-state index in [1.807, 2.05) is 0 Å². The number of hydrogen-bond donors (Lipinski definition) is 0. The third-order valence-electron chi connectivity index (χ3n) is 6.39. The van der Waals surface area contributed by atoms with Crippen LogP contribution in [0.25, 0.3) is 0 Å². The van der Waals surface area contributed by atoms with Crippen molar-refractivity contribution in [3.8, 4) is 0 Å². The van der Waals surface area contributed by atoms with Gasteiger partial charge in [0.2, 0.25) is 0 Å². The predicted molar refractivity (Wildman–Crippen MR) is 128 cm³/mol. The van der Waals surface area contributed by atoms with Crippen molar-refractivity contribution in [1.29, 1.82) is 0 Å². The molecule has 0 bridgehead atoms. The van der Waals surface area contributed by atoms with Gasteiger partial charge in [-0.05, 0) is 24.7 Å². The summed E-state index contributed by atoms with van der Waals surface area (Å²) in [5, 5.41) is 0. The number of fused-ring (bicyclic) bond motifs is 2. The van der Waals surface area contributed by atoms with E-state index in [1.165, 1.54) is 68.9 Å². The van der Waals surface area contributed by atoms with Crippen molar-refractivity contribution in [1.82, 2.24) is 0 Å². The maximum absolute atomic E-state index is 2.37. The van der Waals surface area contributed by atoms with Crippen molar-refractivity contribution in [2.24, 2.45) is 11.8 Å². The fourth-order valence-electron chi connectivity index (χ4n) is 4.49. The second-order valence-electron chi connectivity index (χ2n) is 8.61. The molecule has 30 heavy (non-hydrogen) atoms. The van der Waals surface area contributed by atoms with E-state index in [4.69, 9.17) is 0 Å². The van der Waals surface area contributed by atoms with E-state index in [0.29, 0.717) is 0 Å². The Morgan fingerprint density at radius 1 is 0.900 bits per heavy atom. The van der Waals surface area contributed by atoms with Crippen LogP contribution in [0, 0.1) is 24.7 Å². The quantitative estimate of drug-likeness (QED) is 0.260. The van der Waals surface area contributed by atoms with Gasteiger partial charge in [-0.25, -0.2) is 36.1 Å². The summed E-state index contributed by atoms with van der Waals surface area (Å²) in [6.07, 6.45) is 29.9. The van der Waals surface area contributed by atoms with E-state index < -0.39 is 0 Å². The number of rotatable bonds is 4. The van der Waals surface area contributed by atoms with E-state index in [9.17, 15) is 0 Å². The molecule has 1 aromatic carbocycles. The van der Waals surface area contributed by atoms with Gasteiger partial charge in [0, 0.05) is 0 Å². The van der Waals surface area contributed by atoms with Gasteiger partial charge < -0.3 is 0 Å². The summed E-state index contributed by atoms with van der Waals surface area (Å²) in [4.78, 5) is 0. The first-order chi connectivity index (χ1) is 14.8. The number of aryl methyl sites for hydroxylation is 1. The zero-order valence-corrected chi connectivity index (χ0v) is 22.1. The Kier molecular flexibility index (Phi) is 10.2. The van der Waals surface area contributed by atoms with Crippen LogP contribution in [0.1, 0.15) is 69.4 Å². The van der Waals surface area contributed by atoms with Gasteiger partial charge in [0.15, 0.2) is 0 Å². The molecule has 2 atom stereocenters. The minimum absolute atomic E-state index is 0.884. The molecule has 2 unspecified atom stereocenters. The fourth-order valence-corrected chi connectivity index (χ4v) is 5.18. The second kappa shape index (κ2) is 13.2. The minimum atomic E-state index is 0.884. The summed E-state index contributed by atoms with van der Waals surface area (Å²) in [7, 11) is 0. The molecule has 0 aromatic heterocycles. The standard InChI is InChI=1S/C11H14.2C9H11.Hf/c1-3-4-5-11-8-6-10(2)7-9-11;2*1-2-5-9-7-3-6-8(9)4-1;/h2,6-9H,3-5H2,1H3;2*1-2,4,6,9H,3,5,7H2;/q;2*-1;+2. The first-order valence-corrected chi connectivity index (χ1v) is 13.9. The molecule has 4 aliphatic carbocycles. The first-order valence-electron chi connectivity index (χ1n) is 11.8. The van der Waals surface area contributed by atoms with Gasteiger partial charge in [-0.15, -0.1) is 37.1 Å². The summed E-state index contributed by atoms with van der Waals surface area (Å²) < 4.78 is 2.27.